The molecule has 1 heterocycles. The van der Waals surface area contributed by atoms with Crippen LogP contribution in [0, 0.1) is 17.5 Å². The van der Waals surface area contributed by atoms with E-state index >= 15 is 0 Å². The van der Waals surface area contributed by atoms with Gasteiger partial charge in [-0.25, -0.2) is 13.2 Å². The smallest absolute Gasteiger partial charge is 0.390 e. The number of hydrogen-bond acceptors (Lipinski definition) is 5. The summed E-state index contributed by atoms with van der Waals surface area (Å²) in [5, 5.41) is 16.4. The molecule has 14 heteroatoms. The molecule has 0 spiro atoms. The Hall–Kier alpha value is -3.26. The minimum atomic E-state index is -4.76. The maximum Gasteiger partial charge on any atom is 0.416 e. The second kappa shape index (κ2) is 14.0. The molecule has 2 atom stereocenters. The van der Waals surface area contributed by atoms with Gasteiger partial charge in [0.2, 0.25) is 0 Å². The zero-order valence-electron chi connectivity index (χ0n) is 22.4. The van der Waals surface area contributed by atoms with Gasteiger partial charge in [0.15, 0.2) is 0 Å². The Kier molecular flexibility index (Phi) is 10.6. The van der Waals surface area contributed by atoms with Crippen molar-refractivity contribution < 1.29 is 41.0 Å². The van der Waals surface area contributed by atoms with Crippen LogP contribution in [-0.2, 0) is 19.1 Å². The number of aliphatic hydroxyl groups excluding tert-OH is 1. The predicted octanol–water partition coefficient (Wildman–Crippen LogP) is 5.41. The molecule has 6 nitrogen and oxygen atoms in total. The molecule has 0 unspecified atom stereocenters. The molecule has 0 aliphatic carbocycles. The van der Waals surface area contributed by atoms with E-state index in [1.807, 2.05) is 0 Å². The second-order valence-corrected chi connectivity index (χ2v) is 11.5. The van der Waals surface area contributed by atoms with Gasteiger partial charge in [0.1, 0.15) is 17.5 Å². The number of halogens is 7. The SMILES string of the molecule is O=C(N[C@@H](Cc1cc(F)cc(F)c1)[C@H](O)CNCc1cc(F)cc(C(F)(F)F)c1)c1cc(Cl)cc(C(=O)N2CCSC2)c1. The molecule has 3 aromatic rings. The molecule has 43 heavy (non-hydrogen) atoms. The van der Waals surface area contributed by atoms with Gasteiger partial charge in [-0.15, -0.1) is 11.8 Å². The summed E-state index contributed by atoms with van der Waals surface area (Å²) in [6.07, 6.45) is -6.42. The number of carbonyl (C=O) groups is 2. The van der Waals surface area contributed by atoms with Crippen LogP contribution in [0.4, 0.5) is 26.3 Å². The minimum absolute atomic E-state index is 0.00211. The van der Waals surface area contributed by atoms with E-state index in [9.17, 15) is 41.0 Å². The number of rotatable bonds is 10. The van der Waals surface area contributed by atoms with Crippen LogP contribution in [0.15, 0.2) is 54.6 Å². The molecule has 1 saturated heterocycles. The van der Waals surface area contributed by atoms with Crippen molar-refractivity contribution in [3.8, 4) is 0 Å². The summed E-state index contributed by atoms with van der Waals surface area (Å²) in [6.45, 7) is -0.0234. The number of thioether (sulfide) groups is 1. The highest BCUT2D eigenvalue weighted by Gasteiger charge is 2.31. The van der Waals surface area contributed by atoms with Gasteiger partial charge in [-0.2, -0.15) is 13.2 Å². The lowest BCUT2D eigenvalue weighted by Crippen LogP contribution is -2.48. The van der Waals surface area contributed by atoms with Gasteiger partial charge >= 0.3 is 6.18 Å². The Bertz CT molecular complexity index is 1470. The van der Waals surface area contributed by atoms with E-state index in [0.29, 0.717) is 24.6 Å². The maximum atomic E-state index is 13.9. The molecule has 0 saturated carbocycles. The van der Waals surface area contributed by atoms with Gasteiger partial charge in [0, 0.05) is 47.6 Å². The number of amides is 2. The third-order valence-electron chi connectivity index (χ3n) is 6.57. The second-order valence-electron chi connectivity index (χ2n) is 9.94. The van der Waals surface area contributed by atoms with E-state index < -0.39 is 47.2 Å². The lowest BCUT2D eigenvalue weighted by atomic mass is 9.99. The maximum absolute atomic E-state index is 13.9. The normalized spacial score (nSPS) is 14.9. The predicted molar refractivity (Wildman–Crippen MR) is 150 cm³/mol. The van der Waals surface area contributed by atoms with Crippen molar-refractivity contribution in [3.05, 3.63) is 105 Å². The van der Waals surface area contributed by atoms with Crippen LogP contribution < -0.4 is 10.6 Å². The van der Waals surface area contributed by atoms with Crippen molar-refractivity contribution in [1.82, 2.24) is 15.5 Å². The summed E-state index contributed by atoms with van der Waals surface area (Å²) in [5.41, 5.74) is -0.932. The van der Waals surface area contributed by atoms with Gasteiger partial charge < -0.3 is 20.6 Å². The van der Waals surface area contributed by atoms with Crippen LogP contribution in [0.1, 0.15) is 37.4 Å². The Labute approximate surface area is 252 Å². The van der Waals surface area contributed by atoms with Gasteiger partial charge in [-0.05, 0) is 66.1 Å². The number of nitrogens with one attached hydrogen (secondary N) is 2. The molecule has 3 N–H and O–H groups in total. The van der Waals surface area contributed by atoms with Crippen molar-refractivity contribution in [2.75, 3.05) is 24.7 Å². The van der Waals surface area contributed by atoms with Gasteiger partial charge in [-0.3, -0.25) is 9.59 Å². The third kappa shape index (κ3) is 9.12. The molecular weight excluding hydrogens is 620 g/mol. The summed E-state index contributed by atoms with van der Waals surface area (Å²) in [5.74, 6) is -2.64. The van der Waals surface area contributed by atoms with Crippen LogP contribution in [0.25, 0.3) is 0 Å². The Morgan fingerprint density at radius 1 is 0.930 bits per heavy atom. The molecule has 3 aromatic carbocycles. The molecule has 230 valence electrons. The van der Waals surface area contributed by atoms with Crippen LogP contribution in [0.5, 0.6) is 0 Å². The van der Waals surface area contributed by atoms with Crippen molar-refractivity contribution in [2.45, 2.75) is 31.3 Å². The summed E-state index contributed by atoms with van der Waals surface area (Å²) in [4.78, 5) is 27.7. The van der Waals surface area contributed by atoms with Crippen molar-refractivity contribution in [1.29, 1.82) is 0 Å². The van der Waals surface area contributed by atoms with E-state index in [0.717, 1.165) is 30.0 Å². The Morgan fingerprint density at radius 2 is 1.58 bits per heavy atom. The molecule has 1 aliphatic rings. The van der Waals surface area contributed by atoms with Crippen molar-refractivity contribution >= 4 is 35.2 Å². The van der Waals surface area contributed by atoms with Crippen LogP contribution in [-0.4, -0.2) is 58.7 Å². The number of aliphatic hydroxyl groups is 1. The quantitative estimate of drug-likeness (QED) is 0.257. The van der Waals surface area contributed by atoms with Crippen LogP contribution in [0.3, 0.4) is 0 Å². The van der Waals surface area contributed by atoms with Gasteiger partial charge in [0.05, 0.1) is 23.6 Å². The van der Waals surface area contributed by atoms with E-state index in [1.54, 1.807) is 16.7 Å². The number of nitrogens with zero attached hydrogens (tertiary/aromatic N) is 1. The molecule has 4 rings (SSSR count). The summed E-state index contributed by atoms with van der Waals surface area (Å²) >= 11 is 7.77. The molecule has 0 aromatic heterocycles. The monoisotopic (exact) mass is 645 g/mol. The standard InChI is InChI=1S/C29H26ClF6N3O3S/c30-21-9-18(8-19(10-21)28(42)39-1-2-43-15-39)27(41)38-25(7-16-4-23(32)12-24(33)5-16)26(40)14-37-13-17-3-20(29(34,35)36)11-22(31)6-17/h3-6,8-12,25-26,37,40H,1-2,7,13-15H2,(H,38,41)/t25-,26+/m0/s1. The highest BCUT2D eigenvalue weighted by atomic mass is 35.5. The Balaban J connectivity index is 1.51. The summed E-state index contributed by atoms with van der Waals surface area (Å²) < 4.78 is 80.7. The Morgan fingerprint density at radius 3 is 2.23 bits per heavy atom. The minimum Gasteiger partial charge on any atom is -0.390 e. The molecular formula is C29H26ClF6N3O3S. The van der Waals surface area contributed by atoms with Crippen LogP contribution in [0.2, 0.25) is 5.02 Å². The fraction of sp³-hybridized carbons (Fsp3) is 0.310. The number of benzene rings is 3. The zero-order chi connectivity index (χ0) is 31.3. The first-order valence-electron chi connectivity index (χ1n) is 13.0. The molecule has 1 aliphatic heterocycles. The van der Waals surface area contributed by atoms with E-state index in [2.05, 4.69) is 10.6 Å². The van der Waals surface area contributed by atoms with Gasteiger partial charge in [0.25, 0.3) is 11.8 Å². The fourth-order valence-corrected chi connectivity index (χ4v) is 5.72. The largest absolute Gasteiger partial charge is 0.416 e. The topological polar surface area (TPSA) is 81.7 Å². The van der Waals surface area contributed by atoms with Gasteiger partial charge in [-0.1, -0.05) is 11.6 Å². The first kappa shape index (κ1) is 32.6. The highest BCUT2D eigenvalue weighted by Crippen LogP contribution is 2.30. The average Bonchev–Trinajstić information content (AvgIpc) is 3.45. The first-order valence-corrected chi connectivity index (χ1v) is 14.5. The van der Waals surface area contributed by atoms with E-state index in [4.69, 9.17) is 11.6 Å². The van der Waals surface area contributed by atoms with Crippen molar-refractivity contribution in [2.24, 2.45) is 0 Å². The number of alkyl halides is 3. The molecule has 0 radical (unpaired) electrons. The molecule has 2 amide bonds. The summed E-state index contributed by atoms with van der Waals surface area (Å²) in [6, 6.07) is 7.66. The fourth-order valence-electron chi connectivity index (χ4n) is 4.54. The zero-order valence-corrected chi connectivity index (χ0v) is 23.9. The lowest BCUT2D eigenvalue weighted by molar-refractivity contribution is -0.137. The first-order chi connectivity index (χ1) is 20.3. The lowest BCUT2D eigenvalue weighted by Gasteiger charge is -2.25. The van der Waals surface area contributed by atoms with E-state index in [1.165, 1.54) is 18.2 Å². The third-order valence-corrected chi connectivity index (χ3v) is 7.76. The number of hydrogen-bond donors (Lipinski definition) is 3. The average molecular weight is 646 g/mol. The molecule has 1 fully saturated rings. The number of carbonyl (C=O) groups excluding carboxylic acids is 2. The molecule has 0 bridgehead atoms. The van der Waals surface area contributed by atoms with Crippen molar-refractivity contribution in [3.63, 3.8) is 0 Å². The van der Waals surface area contributed by atoms with E-state index in [-0.39, 0.29) is 52.7 Å². The summed E-state index contributed by atoms with van der Waals surface area (Å²) in [7, 11) is 0. The van der Waals surface area contributed by atoms with Crippen LogP contribution >= 0.6 is 23.4 Å². The highest BCUT2D eigenvalue weighted by molar-refractivity contribution is 7.99.